The molecule has 8 heteroatoms. The molecule has 26 heavy (non-hydrogen) atoms. The first-order chi connectivity index (χ1) is 12.6. The molecular weight excluding hydrogens is 352 g/mol. The highest BCUT2D eigenvalue weighted by atomic mass is 32.2. The highest BCUT2D eigenvalue weighted by Gasteiger charge is 2.26. The summed E-state index contributed by atoms with van der Waals surface area (Å²) in [5, 5.41) is 9.46. The number of hydrogen-bond acceptors (Lipinski definition) is 5. The zero-order chi connectivity index (χ0) is 18.0. The van der Waals surface area contributed by atoms with Crippen molar-refractivity contribution in [2.24, 2.45) is 10.2 Å². The van der Waals surface area contributed by atoms with Gasteiger partial charge in [0.2, 0.25) is 10.0 Å². The lowest BCUT2D eigenvalue weighted by Gasteiger charge is -2.25. The van der Waals surface area contributed by atoms with Crippen molar-refractivity contribution in [2.75, 3.05) is 26.3 Å². The van der Waals surface area contributed by atoms with Gasteiger partial charge in [-0.05, 0) is 30.3 Å². The fourth-order valence-electron chi connectivity index (χ4n) is 2.87. The van der Waals surface area contributed by atoms with Crippen LogP contribution in [-0.2, 0) is 14.8 Å². The third-order valence-electron chi connectivity index (χ3n) is 4.29. The van der Waals surface area contributed by atoms with Crippen LogP contribution in [0, 0.1) is 0 Å². The average molecular weight is 370 g/mol. The SMILES string of the molecule is O=S(=O)(c1ccc(N=Nc2c[nH]c3ccccc23)cc1)N1CCOCC1. The Hall–Kier alpha value is -2.55. The molecule has 0 unspecified atom stereocenters. The van der Waals surface area contributed by atoms with Crippen LogP contribution in [0.2, 0.25) is 0 Å². The number of para-hydroxylation sites is 1. The van der Waals surface area contributed by atoms with Crippen LogP contribution in [0.25, 0.3) is 10.9 Å². The summed E-state index contributed by atoms with van der Waals surface area (Å²) < 4.78 is 31.9. The number of hydrogen-bond donors (Lipinski definition) is 1. The molecule has 0 aliphatic carbocycles. The van der Waals surface area contributed by atoms with Gasteiger partial charge in [0, 0.05) is 30.2 Å². The number of morpholine rings is 1. The van der Waals surface area contributed by atoms with Gasteiger partial charge in [-0.3, -0.25) is 0 Å². The number of aromatic nitrogens is 1. The maximum atomic E-state index is 12.6. The molecule has 1 saturated heterocycles. The molecular formula is C18H18N4O3S. The van der Waals surface area contributed by atoms with Crippen LogP contribution in [0.5, 0.6) is 0 Å². The van der Waals surface area contributed by atoms with Gasteiger partial charge in [-0.25, -0.2) is 8.42 Å². The topological polar surface area (TPSA) is 87.1 Å². The Labute approximate surface area is 151 Å². The number of benzene rings is 2. The maximum Gasteiger partial charge on any atom is 0.243 e. The molecule has 7 nitrogen and oxygen atoms in total. The van der Waals surface area contributed by atoms with Crippen molar-refractivity contribution in [3.05, 3.63) is 54.7 Å². The van der Waals surface area contributed by atoms with Crippen LogP contribution in [0.4, 0.5) is 11.4 Å². The fraction of sp³-hybridized carbons (Fsp3) is 0.222. The lowest BCUT2D eigenvalue weighted by Crippen LogP contribution is -2.40. The molecule has 1 N–H and O–H groups in total. The number of fused-ring (bicyclic) bond motifs is 1. The van der Waals surface area contributed by atoms with E-state index in [2.05, 4.69) is 15.2 Å². The Bertz CT molecular complexity index is 1040. The van der Waals surface area contributed by atoms with Gasteiger partial charge in [-0.1, -0.05) is 18.2 Å². The number of ether oxygens (including phenoxy) is 1. The molecule has 4 rings (SSSR count). The molecule has 1 fully saturated rings. The van der Waals surface area contributed by atoms with Crippen molar-refractivity contribution in [1.82, 2.24) is 9.29 Å². The fourth-order valence-corrected chi connectivity index (χ4v) is 4.28. The van der Waals surface area contributed by atoms with Crippen LogP contribution in [0.3, 0.4) is 0 Å². The molecule has 134 valence electrons. The largest absolute Gasteiger partial charge is 0.379 e. The molecule has 2 aromatic carbocycles. The normalized spacial score (nSPS) is 16.5. The zero-order valence-corrected chi connectivity index (χ0v) is 14.8. The summed E-state index contributed by atoms with van der Waals surface area (Å²) in [6.45, 7) is 1.61. The third-order valence-corrected chi connectivity index (χ3v) is 6.20. The number of nitrogens with one attached hydrogen (secondary N) is 1. The monoisotopic (exact) mass is 370 g/mol. The predicted octanol–water partition coefficient (Wildman–Crippen LogP) is 3.60. The van der Waals surface area contributed by atoms with Crippen LogP contribution < -0.4 is 0 Å². The van der Waals surface area contributed by atoms with E-state index in [1.165, 1.54) is 4.31 Å². The van der Waals surface area contributed by atoms with E-state index in [1.54, 1.807) is 30.5 Å². The molecule has 0 spiro atoms. The van der Waals surface area contributed by atoms with E-state index in [0.29, 0.717) is 32.0 Å². The smallest absolute Gasteiger partial charge is 0.243 e. The first-order valence-corrected chi connectivity index (χ1v) is 9.74. The number of sulfonamides is 1. The van der Waals surface area contributed by atoms with Crippen molar-refractivity contribution < 1.29 is 13.2 Å². The summed E-state index contributed by atoms with van der Waals surface area (Å²) in [6, 6.07) is 14.3. The molecule has 3 aromatic rings. The summed E-state index contributed by atoms with van der Waals surface area (Å²) >= 11 is 0. The lowest BCUT2D eigenvalue weighted by atomic mass is 10.2. The summed E-state index contributed by atoms with van der Waals surface area (Å²) in [6.07, 6.45) is 1.80. The summed E-state index contributed by atoms with van der Waals surface area (Å²) in [5.41, 5.74) is 2.33. The summed E-state index contributed by atoms with van der Waals surface area (Å²) in [4.78, 5) is 3.40. The molecule has 1 aliphatic heterocycles. The Kier molecular flexibility index (Phi) is 4.54. The van der Waals surface area contributed by atoms with Crippen LogP contribution >= 0.6 is 0 Å². The second-order valence-corrected chi connectivity index (χ2v) is 7.87. The van der Waals surface area contributed by atoms with Crippen molar-refractivity contribution >= 4 is 32.3 Å². The summed E-state index contributed by atoms with van der Waals surface area (Å²) in [5.74, 6) is 0. The highest BCUT2D eigenvalue weighted by Crippen LogP contribution is 2.28. The number of rotatable bonds is 4. The molecule has 1 aromatic heterocycles. The second-order valence-electron chi connectivity index (χ2n) is 5.93. The van der Waals surface area contributed by atoms with Gasteiger partial charge in [0.05, 0.1) is 23.8 Å². The standard InChI is InChI=1S/C18H18N4O3S/c23-26(24,22-9-11-25-12-10-22)15-7-5-14(6-8-15)20-21-18-13-19-17-4-2-1-3-16(17)18/h1-8,13,19H,9-12H2. The van der Waals surface area contributed by atoms with E-state index in [0.717, 1.165) is 16.6 Å². The predicted molar refractivity (Wildman–Crippen MR) is 98.5 cm³/mol. The van der Waals surface area contributed by atoms with Crippen LogP contribution in [-0.4, -0.2) is 44.0 Å². The minimum absolute atomic E-state index is 0.255. The van der Waals surface area contributed by atoms with Gasteiger partial charge in [0.15, 0.2) is 0 Å². The zero-order valence-electron chi connectivity index (χ0n) is 14.0. The summed E-state index contributed by atoms with van der Waals surface area (Å²) in [7, 11) is -3.49. The average Bonchev–Trinajstić information content (AvgIpc) is 3.11. The van der Waals surface area contributed by atoms with Crippen molar-refractivity contribution in [2.45, 2.75) is 4.90 Å². The Balaban J connectivity index is 1.54. The van der Waals surface area contributed by atoms with Crippen molar-refractivity contribution in [3.8, 4) is 0 Å². The number of aromatic amines is 1. The van der Waals surface area contributed by atoms with Crippen LogP contribution in [0.1, 0.15) is 0 Å². The molecule has 2 heterocycles. The maximum absolute atomic E-state index is 12.6. The van der Waals surface area contributed by atoms with E-state index in [1.807, 2.05) is 24.3 Å². The van der Waals surface area contributed by atoms with E-state index >= 15 is 0 Å². The second kappa shape index (κ2) is 6.99. The van der Waals surface area contributed by atoms with E-state index < -0.39 is 10.0 Å². The Morgan fingerprint density at radius 1 is 0.962 bits per heavy atom. The Morgan fingerprint density at radius 3 is 2.46 bits per heavy atom. The highest BCUT2D eigenvalue weighted by molar-refractivity contribution is 7.89. The number of azo groups is 1. The van der Waals surface area contributed by atoms with Crippen molar-refractivity contribution in [1.29, 1.82) is 0 Å². The molecule has 0 amide bonds. The van der Waals surface area contributed by atoms with Gasteiger partial charge in [0.25, 0.3) is 0 Å². The van der Waals surface area contributed by atoms with E-state index in [-0.39, 0.29) is 4.90 Å². The van der Waals surface area contributed by atoms with Gasteiger partial charge in [-0.2, -0.15) is 9.42 Å². The van der Waals surface area contributed by atoms with Gasteiger partial charge in [0.1, 0.15) is 5.69 Å². The molecule has 1 aliphatic rings. The van der Waals surface area contributed by atoms with Crippen molar-refractivity contribution in [3.63, 3.8) is 0 Å². The lowest BCUT2D eigenvalue weighted by molar-refractivity contribution is 0.0730. The van der Waals surface area contributed by atoms with E-state index in [9.17, 15) is 8.42 Å². The minimum atomic E-state index is -3.49. The molecule has 0 bridgehead atoms. The minimum Gasteiger partial charge on any atom is -0.379 e. The van der Waals surface area contributed by atoms with E-state index in [4.69, 9.17) is 4.74 Å². The molecule has 0 saturated carbocycles. The van der Waals surface area contributed by atoms with Gasteiger partial charge >= 0.3 is 0 Å². The molecule has 0 radical (unpaired) electrons. The molecule has 0 atom stereocenters. The number of nitrogens with zero attached hydrogens (tertiary/aromatic N) is 3. The third kappa shape index (κ3) is 3.26. The first-order valence-electron chi connectivity index (χ1n) is 8.30. The number of H-pyrrole nitrogens is 1. The van der Waals surface area contributed by atoms with Crippen LogP contribution in [0.15, 0.2) is 69.9 Å². The van der Waals surface area contributed by atoms with Gasteiger partial charge in [-0.15, -0.1) is 5.11 Å². The van der Waals surface area contributed by atoms with Gasteiger partial charge < -0.3 is 9.72 Å². The Morgan fingerprint density at radius 2 is 1.69 bits per heavy atom. The first kappa shape index (κ1) is 16.9. The quantitative estimate of drug-likeness (QED) is 0.712.